The van der Waals surface area contributed by atoms with Gasteiger partial charge in [0, 0.05) is 6.42 Å². The van der Waals surface area contributed by atoms with Crippen molar-refractivity contribution in [3.05, 3.63) is 35.9 Å². The topological polar surface area (TPSA) is 194 Å². The third kappa shape index (κ3) is 8.72. The van der Waals surface area contributed by atoms with Gasteiger partial charge < -0.3 is 32.5 Å². The zero-order chi connectivity index (χ0) is 24.4. The molecule has 0 aromatic heterocycles. The fourth-order valence-corrected chi connectivity index (χ4v) is 2.71. The lowest BCUT2D eigenvalue weighted by Gasteiger charge is -2.23. The van der Waals surface area contributed by atoms with E-state index in [2.05, 4.69) is 16.0 Å². The maximum Gasteiger partial charge on any atom is 0.326 e. The van der Waals surface area contributed by atoms with E-state index >= 15 is 0 Å². The molecule has 4 unspecified atom stereocenters. The number of hydrogen-bond donors (Lipinski definition) is 6. The number of rotatable bonds is 12. The normalized spacial score (nSPS) is 14.5. The van der Waals surface area contributed by atoms with Crippen molar-refractivity contribution >= 4 is 29.6 Å². The summed E-state index contributed by atoms with van der Waals surface area (Å²) >= 11 is 0. The Kier molecular flexibility index (Phi) is 10.3. The monoisotopic (exact) mass is 449 g/mol. The molecule has 0 radical (unpaired) electrons. The quantitative estimate of drug-likeness (QED) is 0.227. The van der Waals surface area contributed by atoms with E-state index in [4.69, 9.17) is 11.5 Å². The van der Waals surface area contributed by atoms with Crippen LogP contribution in [0.5, 0.6) is 0 Å². The second-order valence-corrected chi connectivity index (χ2v) is 7.82. The average molecular weight is 450 g/mol. The fraction of sp³-hybridized carbons (Fsp3) is 0.476. The molecule has 0 aliphatic heterocycles. The van der Waals surface area contributed by atoms with Gasteiger partial charge in [-0.3, -0.25) is 19.2 Å². The molecule has 1 rings (SSSR count). The van der Waals surface area contributed by atoms with Gasteiger partial charge in [0.1, 0.15) is 18.1 Å². The number of aliphatic carboxylic acids is 1. The molecule has 8 N–H and O–H groups in total. The maximum absolute atomic E-state index is 12.7. The molecule has 4 amide bonds. The third-order valence-electron chi connectivity index (χ3n) is 4.71. The minimum atomic E-state index is -1.42. The number of carboxylic acid groups (broad SMARTS) is 1. The van der Waals surface area contributed by atoms with E-state index in [9.17, 15) is 29.1 Å². The average Bonchev–Trinajstić information content (AvgIpc) is 2.72. The van der Waals surface area contributed by atoms with Crippen molar-refractivity contribution in [3.8, 4) is 0 Å². The highest BCUT2D eigenvalue weighted by Gasteiger charge is 2.30. The first-order valence-electron chi connectivity index (χ1n) is 10.1. The Bertz CT molecular complexity index is 829. The molecular formula is C21H31N5O6. The van der Waals surface area contributed by atoms with Crippen LogP contribution in [0.15, 0.2) is 30.3 Å². The molecule has 32 heavy (non-hydrogen) atoms. The summed E-state index contributed by atoms with van der Waals surface area (Å²) in [7, 11) is 0. The SMILES string of the molecule is CC(NC(=O)C(N)C(C)C)C(=O)NC(CC(N)=O)C(=O)NC(Cc1ccccc1)C(=O)O. The number of primary amides is 1. The van der Waals surface area contributed by atoms with Crippen LogP contribution < -0.4 is 27.4 Å². The molecule has 11 heteroatoms. The molecule has 1 aromatic carbocycles. The lowest BCUT2D eigenvalue weighted by atomic mass is 10.0. The molecule has 0 aliphatic carbocycles. The van der Waals surface area contributed by atoms with Crippen LogP contribution in [-0.2, 0) is 30.4 Å². The van der Waals surface area contributed by atoms with E-state index in [1.54, 1.807) is 44.2 Å². The third-order valence-corrected chi connectivity index (χ3v) is 4.71. The lowest BCUT2D eigenvalue weighted by Crippen LogP contribution is -2.57. The summed E-state index contributed by atoms with van der Waals surface area (Å²) in [6, 6.07) is 4.03. The molecule has 0 aliphatic rings. The summed E-state index contributed by atoms with van der Waals surface area (Å²) in [5.41, 5.74) is 11.6. The number of carboxylic acids is 1. The highest BCUT2D eigenvalue weighted by Crippen LogP contribution is 2.05. The van der Waals surface area contributed by atoms with Crippen molar-refractivity contribution in [1.29, 1.82) is 0 Å². The maximum atomic E-state index is 12.7. The van der Waals surface area contributed by atoms with E-state index in [0.29, 0.717) is 5.56 Å². The summed E-state index contributed by atoms with van der Waals surface area (Å²) < 4.78 is 0. The van der Waals surface area contributed by atoms with Crippen LogP contribution in [0.2, 0.25) is 0 Å². The smallest absolute Gasteiger partial charge is 0.326 e. The molecule has 0 heterocycles. The van der Waals surface area contributed by atoms with Crippen LogP contribution in [0, 0.1) is 5.92 Å². The van der Waals surface area contributed by atoms with Crippen LogP contribution >= 0.6 is 0 Å². The minimum absolute atomic E-state index is 0.00129. The highest BCUT2D eigenvalue weighted by atomic mass is 16.4. The van der Waals surface area contributed by atoms with Crippen molar-refractivity contribution in [2.45, 2.75) is 57.8 Å². The Morgan fingerprint density at radius 1 is 0.875 bits per heavy atom. The van der Waals surface area contributed by atoms with Crippen LogP contribution in [0.1, 0.15) is 32.8 Å². The van der Waals surface area contributed by atoms with Crippen molar-refractivity contribution in [1.82, 2.24) is 16.0 Å². The van der Waals surface area contributed by atoms with Crippen molar-refractivity contribution in [2.75, 3.05) is 0 Å². The first kappa shape index (κ1) is 26.6. The van der Waals surface area contributed by atoms with Gasteiger partial charge in [-0.25, -0.2) is 4.79 Å². The predicted octanol–water partition coefficient (Wildman–Crippen LogP) is -1.35. The second-order valence-electron chi connectivity index (χ2n) is 7.82. The Balaban J connectivity index is 2.85. The number of nitrogens with one attached hydrogen (secondary N) is 3. The van der Waals surface area contributed by atoms with Crippen LogP contribution in [0.3, 0.4) is 0 Å². The van der Waals surface area contributed by atoms with Gasteiger partial charge in [0.15, 0.2) is 0 Å². The van der Waals surface area contributed by atoms with Crippen LogP contribution in [0.4, 0.5) is 0 Å². The van der Waals surface area contributed by atoms with Gasteiger partial charge in [-0.15, -0.1) is 0 Å². The van der Waals surface area contributed by atoms with Gasteiger partial charge in [-0.05, 0) is 18.4 Å². The van der Waals surface area contributed by atoms with Gasteiger partial charge in [0.25, 0.3) is 0 Å². The molecule has 0 bridgehead atoms. The van der Waals surface area contributed by atoms with Gasteiger partial charge in [0.05, 0.1) is 12.5 Å². The Morgan fingerprint density at radius 2 is 1.44 bits per heavy atom. The molecular weight excluding hydrogens is 418 g/mol. The Morgan fingerprint density at radius 3 is 1.94 bits per heavy atom. The molecule has 1 aromatic rings. The summed E-state index contributed by atoms with van der Waals surface area (Å²) in [6.45, 7) is 4.88. The Labute approximate surface area is 186 Å². The van der Waals surface area contributed by atoms with E-state index in [1.807, 2.05) is 0 Å². The number of carbonyl (C=O) groups excluding carboxylic acids is 4. The van der Waals surface area contributed by atoms with Gasteiger partial charge in [-0.1, -0.05) is 44.2 Å². The summed E-state index contributed by atoms with van der Waals surface area (Å²) in [5.74, 6) is -4.51. The lowest BCUT2D eigenvalue weighted by molar-refractivity contribution is -0.142. The largest absolute Gasteiger partial charge is 0.480 e. The van der Waals surface area contributed by atoms with Gasteiger partial charge in [0.2, 0.25) is 23.6 Å². The van der Waals surface area contributed by atoms with Gasteiger partial charge in [-0.2, -0.15) is 0 Å². The zero-order valence-corrected chi connectivity index (χ0v) is 18.3. The van der Waals surface area contributed by atoms with E-state index in [1.165, 1.54) is 6.92 Å². The second kappa shape index (κ2) is 12.4. The van der Waals surface area contributed by atoms with Crippen molar-refractivity contribution in [3.63, 3.8) is 0 Å². The molecule has 0 fully saturated rings. The molecule has 11 nitrogen and oxygen atoms in total. The van der Waals surface area contributed by atoms with Crippen molar-refractivity contribution < 1.29 is 29.1 Å². The van der Waals surface area contributed by atoms with Crippen LogP contribution in [-0.4, -0.2) is 58.9 Å². The summed E-state index contributed by atoms with van der Waals surface area (Å²) in [5, 5.41) is 16.5. The van der Waals surface area contributed by atoms with Gasteiger partial charge >= 0.3 is 5.97 Å². The molecule has 176 valence electrons. The molecule has 0 saturated carbocycles. The predicted molar refractivity (Wildman–Crippen MR) is 116 cm³/mol. The minimum Gasteiger partial charge on any atom is -0.480 e. The number of hydrogen-bond acceptors (Lipinski definition) is 6. The Hall–Kier alpha value is -3.47. The molecule has 0 saturated heterocycles. The fourth-order valence-electron chi connectivity index (χ4n) is 2.71. The zero-order valence-electron chi connectivity index (χ0n) is 18.3. The summed E-state index contributed by atoms with van der Waals surface area (Å²) in [4.78, 5) is 60.2. The van der Waals surface area contributed by atoms with E-state index in [0.717, 1.165) is 0 Å². The summed E-state index contributed by atoms with van der Waals surface area (Å²) in [6.07, 6.45) is -0.555. The number of amides is 4. The number of nitrogens with two attached hydrogens (primary N) is 2. The first-order valence-corrected chi connectivity index (χ1v) is 10.1. The van der Waals surface area contributed by atoms with E-state index < -0.39 is 60.2 Å². The standard InChI is InChI=1S/C21H31N5O6/c1-11(2)17(23)20(30)24-12(3)18(28)25-14(10-16(22)27)19(29)26-15(21(31)32)9-13-7-5-4-6-8-13/h4-8,11-12,14-15,17H,9-10,23H2,1-3H3,(H2,22,27)(H,24,30)(H,25,28)(H,26,29)(H,31,32). The number of carbonyl (C=O) groups is 5. The molecule has 4 atom stereocenters. The van der Waals surface area contributed by atoms with Crippen LogP contribution in [0.25, 0.3) is 0 Å². The van der Waals surface area contributed by atoms with Crippen molar-refractivity contribution in [2.24, 2.45) is 17.4 Å². The number of benzene rings is 1. The first-order chi connectivity index (χ1) is 14.9. The molecule has 0 spiro atoms. The van der Waals surface area contributed by atoms with E-state index in [-0.39, 0.29) is 12.3 Å². The highest BCUT2D eigenvalue weighted by molar-refractivity contribution is 5.96.